The molecule has 1 amide bonds. The number of fused-ring (bicyclic) bond motifs is 1. The van der Waals surface area contributed by atoms with Crippen LogP contribution in [0.2, 0.25) is 0 Å². The fourth-order valence-electron chi connectivity index (χ4n) is 3.14. The highest BCUT2D eigenvalue weighted by molar-refractivity contribution is 5.94. The Balaban J connectivity index is 1.77. The summed E-state index contributed by atoms with van der Waals surface area (Å²) < 4.78 is 56.8. The molecule has 8 nitrogen and oxygen atoms in total. The summed E-state index contributed by atoms with van der Waals surface area (Å²) in [6, 6.07) is 4.71. The molecule has 0 saturated heterocycles. The van der Waals surface area contributed by atoms with Crippen molar-refractivity contribution >= 4 is 22.6 Å². The number of aromatic nitrogens is 3. The highest BCUT2D eigenvalue weighted by Crippen LogP contribution is 2.35. The van der Waals surface area contributed by atoms with E-state index in [1.54, 1.807) is 7.05 Å². The smallest absolute Gasteiger partial charge is 0.416 e. The molecular formula is C21H23F3N4O4. The quantitative estimate of drug-likeness (QED) is 0.525. The van der Waals surface area contributed by atoms with Crippen LogP contribution in [0.5, 0.6) is 11.6 Å². The van der Waals surface area contributed by atoms with Crippen LogP contribution in [0.15, 0.2) is 24.3 Å². The fourth-order valence-corrected chi connectivity index (χ4v) is 3.14. The third-order valence-corrected chi connectivity index (χ3v) is 4.55. The molecule has 0 aliphatic carbocycles. The number of benzene rings is 1. The van der Waals surface area contributed by atoms with E-state index in [2.05, 4.69) is 15.4 Å². The van der Waals surface area contributed by atoms with Crippen LogP contribution in [-0.4, -0.2) is 47.6 Å². The molecule has 172 valence electrons. The minimum absolute atomic E-state index is 0.0854. The van der Waals surface area contributed by atoms with E-state index in [0.717, 1.165) is 29.5 Å². The summed E-state index contributed by atoms with van der Waals surface area (Å²) in [6.45, 7) is 3.60. The van der Waals surface area contributed by atoms with Gasteiger partial charge in [-0.2, -0.15) is 13.2 Å². The molecule has 0 aliphatic rings. The van der Waals surface area contributed by atoms with E-state index < -0.39 is 24.3 Å². The van der Waals surface area contributed by atoms with Gasteiger partial charge >= 0.3 is 6.18 Å². The third kappa shape index (κ3) is 5.28. The van der Waals surface area contributed by atoms with Crippen molar-refractivity contribution in [2.24, 2.45) is 7.05 Å². The standard InChI is InChI=1S/C21H23F3N4O4/c1-12-9-13(2)25-19-18(12)20(27-28(19)3)32-11-17(29)26-15-10-14(21(22,23)24)5-6-16(15)31-8-7-30-4/h5-6,9-10H,7-8,11H2,1-4H3,(H,26,29). The van der Waals surface area contributed by atoms with E-state index in [0.29, 0.717) is 11.0 Å². The predicted octanol–water partition coefficient (Wildman–Crippen LogP) is 3.65. The van der Waals surface area contributed by atoms with Gasteiger partial charge in [0, 0.05) is 19.9 Å². The highest BCUT2D eigenvalue weighted by Gasteiger charge is 2.31. The van der Waals surface area contributed by atoms with Crippen molar-refractivity contribution < 1.29 is 32.2 Å². The lowest BCUT2D eigenvalue weighted by Gasteiger charge is -2.15. The number of nitrogens with zero attached hydrogens (tertiary/aromatic N) is 3. The van der Waals surface area contributed by atoms with Gasteiger partial charge in [0.15, 0.2) is 12.3 Å². The Bertz CT molecular complexity index is 1130. The molecule has 3 aromatic rings. The van der Waals surface area contributed by atoms with Gasteiger partial charge in [0.1, 0.15) is 12.4 Å². The Morgan fingerprint density at radius 3 is 2.59 bits per heavy atom. The molecule has 0 aliphatic heterocycles. The molecule has 0 saturated carbocycles. The van der Waals surface area contributed by atoms with Gasteiger partial charge in [0.25, 0.3) is 5.91 Å². The number of carbonyl (C=O) groups excluding carboxylic acids is 1. The summed E-state index contributed by atoms with van der Waals surface area (Å²) in [4.78, 5) is 16.9. The summed E-state index contributed by atoms with van der Waals surface area (Å²) in [5, 5.41) is 7.33. The van der Waals surface area contributed by atoms with Crippen LogP contribution in [0.3, 0.4) is 0 Å². The highest BCUT2D eigenvalue weighted by atomic mass is 19.4. The average molecular weight is 452 g/mol. The molecule has 2 heterocycles. The van der Waals surface area contributed by atoms with E-state index in [1.807, 2.05) is 19.9 Å². The number of anilines is 1. The van der Waals surface area contributed by atoms with E-state index >= 15 is 0 Å². The maximum absolute atomic E-state index is 13.1. The van der Waals surface area contributed by atoms with Crippen LogP contribution < -0.4 is 14.8 Å². The molecule has 2 aromatic heterocycles. The second-order valence-corrected chi connectivity index (χ2v) is 7.09. The van der Waals surface area contributed by atoms with Crippen LogP contribution in [0.1, 0.15) is 16.8 Å². The Morgan fingerprint density at radius 2 is 1.91 bits per heavy atom. The van der Waals surface area contributed by atoms with Gasteiger partial charge in [-0.15, -0.1) is 5.10 Å². The van der Waals surface area contributed by atoms with Gasteiger partial charge in [-0.25, -0.2) is 9.67 Å². The largest absolute Gasteiger partial charge is 0.489 e. The molecule has 0 bridgehead atoms. The van der Waals surface area contributed by atoms with Crippen molar-refractivity contribution in [3.05, 3.63) is 41.1 Å². The zero-order chi connectivity index (χ0) is 23.5. The second-order valence-electron chi connectivity index (χ2n) is 7.09. The van der Waals surface area contributed by atoms with E-state index in [9.17, 15) is 18.0 Å². The number of ether oxygens (including phenoxy) is 3. The number of carbonyl (C=O) groups is 1. The second kappa shape index (κ2) is 9.43. The van der Waals surface area contributed by atoms with Crippen molar-refractivity contribution in [3.63, 3.8) is 0 Å². The molecule has 3 rings (SSSR count). The molecule has 0 radical (unpaired) electrons. The first-order valence-corrected chi connectivity index (χ1v) is 9.66. The van der Waals surface area contributed by atoms with E-state index in [1.165, 1.54) is 11.8 Å². The third-order valence-electron chi connectivity index (χ3n) is 4.55. The monoisotopic (exact) mass is 452 g/mol. The van der Waals surface area contributed by atoms with Gasteiger partial charge in [-0.3, -0.25) is 4.79 Å². The lowest BCUT2D eigenvalue weighted by molar-refractivity contribution is -0.137. The first-order chi connectivity index (χ1) is 15.1. The van der Waals surface area contributed by atoms with Crippen LogP contribution in [0, 0.1) is 13.8 Å². The number of alkyl halides is 3. The average Bonchev–Trinajstić information content (AvgIpc) is 3.02. The summed E-state index contributed by atoms with van der Waals surface area (Å²) in [5.74, 6) is -0.372. The van der Waals surface area contributed by atoms with Crippen molar-refractivity contribution in [2.45, 2.75) is 20.0 Å². The maximum Gasteiger partial charge on any atom is 0.416 e. The van der Waals surface area contributed by atoms with E-state index in [4.69, 9.17) is 14.2 Å². The number of hydrogen-bond acceptors (Lipinski definition) is 6. The Labute approximate surface area is 182 Å². The van der Waals surface area contributed by atoms with Crippen molar-refractivity contribution in [3.8, 4) is 11.6 Å². The minimum atomic E-state index is -4.57. The van der Waals surface area contributed by atoms with Crippen molar-refractivity contribution in [2.75, 3.05) is 32.2 Å². The topological polar surface area (TPSA) is 87.5 Å². The lowest BCUT2D eigenvalue weighted by Crippen LogP contribution is -2.21. The molecule has 11 heteroatoms. The van der Waals surface area contributed by atoms with Gasteiger partial charge in [0.05, 0.1) is 23.2 Å². The molecule has 32 heavy (non-hydrogen) atoms. The number of rotatable bonds is 8. The van der Waals surface area contributed by atoms with Crippen molar-refractivity contribution in [1.29, 1.82) is 0 Å². The first kappa shape index (κ1) is 23.3. The number of halogens is 3. The van der Waals surface area contributed by atoms with Gasteiger partial charge in [-0.1, -0.05) is 0 Å². The van der Waals surface area contributed by atoms with Crippen LogP contribution >= 0.6 is 0 Å². The number of aryl methyl sites for hydroxylation is 3. The molecule has 0 atom stereocenters. The normalized spacial score (nSPS) is 11.6. The van der Waals surface area contributed by atoms with Gasteiger partial charge in [-0.05, 0) is 43.7 Å². The van der Waals surface area contributed by atoms with Crippen LogP contribution in [0.25, 0.3) is 11.0 Å². The van der Waals surface area contributed by atoms with Crippen LogP contribution in [0.4, 0.5) is 18.9 Å². The molecule has 0 unspecified atom stereocenters. The molecule has 0 spiro atoms. The Morgan fingerprint density at radius 1 is 1.16 bits per heavy atom. The van der Waals surface area contributed by atoms with E-state index in [-0.39, 0.29) is 30.5 Å². The number of hydrogen-bond donors (Lipinski definition) is 1. The summed E-state index contributed by atoms with van der Waals surface area (Å²) >= 11 is 0. The number of amides is 1. The first-order valence-electron chi connectivity index (χ1n) is 9.66. The minimum Gasteiger partial charge on any atom is -0.489 e. The lowest BCUT2D eigenvalue weighted by atomic mass is 10.1. The summed E-state index contributed by atoms with van der Waals surface area (Å²) in [6.07, 6.45) is -4.57. The predicted molar refractivity (Wildman–Crippen MR) is 111 cm³/mol. The van der Waals surface area contributed by atoms with Gasteiger partial charge < -0.3 is 19.5 Å². The van der Waals surface area contributed by atoms with Crippen LogP contribution in [-0.2, 0) is 22.8 Å². The Kier molecular flexibility index (Phi) is 6.87. The summed E-state index contributed by atoms with van der Waals surface area (Å²) in [7, 11) is 3.17. The molecule has 1 aromatic carbocycles. The zero-order valence-electron chi connectivity index (χ0n) is 18.0. The maximum atomic E-state index is 13.1. The summed E-state index contributed by atoms with van der Waals surface area (Å²) in [5.41, 5.74) is 1.25. The molecule has 1 N–H and O–H groups in total. The Hall–Kier alpha value is -3.34. The number of pyridine rings is 1. The van der Waals surface area contributed by atoms with Crippen molar-refractivity contribution in [1.82, 2.24) is 14.8 Å². The molecular weight excluding hydrogens is 429 g/mol. The SMILES string of the molecule is COCCOc1ccc(C(F)(F)F)cc1NC(=O)COc1nn(C)c2nc(C)cc(C)c12. The fraction of sp³-hybridized carbons (Fsp3) is 0.381. The number of methoxy groups -OCH3 is 1. The number of nitrogens with one attached hydrogen (secondary N) is 1. The van der Waals surface area contributed by atoms with Gasteiger partial charge in [0.2, 0.25) is 5.88 Å². The molecule has 0 fully saturated rings. The zero-order valence-corrected chi connectivity index (χ0v) is 18.0.